The molecular weight excluding hydrogens is 432 g/mol. The molecule has 0 fully saturated rings. The van der Waals surface area contributed by atoms with Gasteiger partial charge in [-0.2, -0.15) is 0 Å². The number of hydrogen-bond donors (Lipinski definition) is 2. The lowest BCUT2D eigenvalue weighted by Crippen LogP contribution is -2.25. The predicted octanol–water partition coefficient (Wildman–Crippen LogP) is 4.69. The second-order valence-corrected chi connectivity index (χ2v) is 7.54. The van der Waals surface area contributed by atoms with Gasteiger partial charge >= 0.3 is 0 Å². The highest BCUT2D eigenvalue weighted by Crippen LogP contribution is 2.36. The number of anilines is 3. The number of aryl methyl sites for hydroxylation is 3. The van der Waals surface area contributed by atoms with Gasteiger partial charge in [0, 0.05) is 41.0 Å². The fourth-order valence-corrected chi connectivity index (χ4v) is 3.90. The molecule has 0 aliphatic heterocycles. The van der Waals surface area contributed by atoms with Gasteiger partial charge in [0.05, 0.1) is 22.6 Å². The Morgan fingerprint density at radius 1 is 1.17 bits per heavy atom. The first kappa shape index (κ1) is 20.9. The number of nitrogens with zero attached hydrogens (tertiary/aromatic N) is 4. The summed E-state index contributed by atoms with van der Waals surface area (Å²) in [7, 11) is 0. The molecule has 0 amide bonds. The molecule has 0 unspecified atom stereocenters. The maximum absolute atomic E-state index is 6.00. The van der Waals surface area contributed by atoms with Crippen LogP contribution >= 0.6 is 15.9 Å². The van der Waals surface area contributed by atoms with Crippen LogP contribution in [0.2, 0.25) is 0 Å². The Bertz CT molecular complexity index is 1030. The average molecular weight is 457 g/mol. The Morgan fingerprint density at radius 2 is 1.93 bits per heavy atom. The smallest absolute Gasteiger partial charge is 0.143 e. The third-order valence-corrected chi connectivity index (χ3v) is 5.37. The molecule has 2 heterocycles. The number of aromatic nitrogens is 2. The van der Waals surface area contributed by atoms with Crippen LogP contribution < -0.4 is 21.5 Å². The number of benzene rings is 1. The summed E-state index contributed by atoms with van der Waals surface area (Å²) in [5.41, 5.74) is 12.1. The molecule has 0 radical (unpaired) electrons. The van der Waals surface area contributed by atoms with Crippen LogP contribution in [0.25, 0.3) is 11.3 Å². The lowest BCUT2D eigenvalue weighted by atomic mass is 10.1. The van der Waals surface area contributed by atoms with Crippen molar-refractivity contribution in [3.05, 3.63) is 64.4 Å². The monoisotopic (exact) mass is 456 g/mol. The Hall–Kier alpha value is -2.84. The highest BCUT2D eigenvalue weighted by atomic mass is 79.9. The van der Waals surface area contributed by atoms with E-state index in [1.54, 1.807) is 6.20 Å². The summed E-state index contributed by atoms with van der Waals surface area (Å²) in [5.74, 6) is 6.76. The number of hydrogen-bond acceptors (Lipinski definition) is 7. The zero-order chi connectivity index (χ0) is 21.1. The second kappa shape index (κ2) is 8.67. The van der Waals surface area contributed by atoms with Crippen LogP contribution in [0.4, 0.5) is 17.1 Å². The van der Waals surface area contributed by atoms with Gasteiger partial charge in [0.15, 0.2) is 0 Å². The lowest BCUT2D eigenvalue weighted by molar-refractivity contribution is 0.393. The number of halogens is 1. The Kier molecular flexibility index (Phi) is 6.24. The molecular formula is C21H25BrN6O. The zero-order valence-corrected chi connectivity index (χ0v) is 18.6. The summed E-state index contributed by atoms with van der Waals surface area (Å²) in [6, 6.07) is 8.11. The van der Waals surface area contributed by atoms with Crippen molar-refractivity contribution < 1.29 is 4.52 Å². The Balaban J connectivity index is 2.05. The van der Waals surface area contributed by atoms with Crippen LogP contribution in [0.3, 0.4) is 0 Å². The topological polar surface area (TPSA) is 97.4 Å². The van der Waals surface area contributed by atoms with Crippen molar-refractivity contribution in [1.29, 1.82) is 0 Å². The van der Waals surface area contributed by atoms with E-state index in [0.29, 0.717) is 0 Å². The number of hydrazine groups is 1. The van der Waals surface area contributed by atoms with Crippen molar-refractivity contribution >= 4 is 33.0 Å². The largest absolute Gasteiger partial charge is 0.403 e. The minimum Gasteiger partial charge on any atom is -0.403 e. The van der Waals surface area contributed by atoms with Crippen molar-refractivity contribution in [2.24, 2.45) is 11.6 Å². The van der Waals surface area contributed by atoms with E-state index < -0.39 is 0 Å². The van der Waals surface area contributed by atoms with E-state index >= 15 is 0 Å². The fraction of sp³-hybridized carbons (Fsp3) is 0.238. The van der Waals surface area contributed by atoms with Crippen LogP contribution in [0, 0.1) is 20.8 Å². The summed E-state index contributed by atoms with van der Waals surface area (Å²) >= 11 is 3.62. The molecule has 8 heteroatoms. The minimum atomic E-state index is 0.760. The van der Waals surface area contributed by atoms with Gasteiger partial charge in [-0.05, 0) is 73.5 Å². The minimum absolute atomic E-state index is 0.760. The van der Waals surface area contributed by atoms with E-state index in [2.05, 4.69) is 50.9 Å². The molecule has 0 bridgehead atoms. The summed E-state index contributed by atoms with van der Waals surface area (Å²) in [6.45, 7) is 8.78. The third kappa shape index (κ3) is 4.13. The quantitative estimate of drug-likeness (QED) is 0.409. The molecule has 1 aromatic carbocycles. The lowest BCUT2D eigenvalue weighted by Gasteiger charge is -2.27. The maximum atomic E-state index is 6.00. The standard InChI is InChI=1S/C21H25BrN6O/c1-5-27(16-6-7-19(17(22)10-16)28(24)9-8-23)20-11-18(25-12-13(20)2)21-14(3)26-29-15(21)4/h6-12H,5,23-24H2,1-4H3/b9-8-. The SMILES string of the molecule is CCN(c1ccc(N(N)/C=C\N)c(Br)c1)c1cc(-c2c(C)noc2C)ncc1C. The molecule has 4 N–H and O–H groups in total. The molecule has 2 aromatic heterocycles. The van der Waals surface area contributed by atoms with Gasteiger partial charge in [-0.3, -0.25) is 9.99 Å². The van der Waals surface area contributed by atoms with Gasteiger partial charge in [0.2, 0.25) is 0 Å². The summed E-state index contributed by atoms with van der Waals surface area (Å²) in [4.78, 5) is 6.84. The van der Waals surface area contributed by atoms with E-state index in [0.717, 1.165) is 56.4 Å². The van der Waals surface area contributed by atoms with Gasteiger partial charge in [-0.1, -0.05) is 5.16 Å². The number of pyridine rings is 1. The molecule has 7 nitrogen and oxygen atoms in total. The van der Waals surface area contributed by atoms with Crippen LogP contribution in [-0.2, 0) is 0 Å². The summed E-state index contributed by atoms with van der Waals surface area (Å²) in [5, 5.41) is 5.52. The van der Waals surface area contributed by atoms with Crippen LogP contribution in [-0.4, -0.2) is 16.7 Å². The van der Waals surface area contributed by atoms with Gasteiger partial charge in [0.25, 0.3) is 0 Å². The van der Waals surface area contributed by atoms with Crippen molar-refractivity contribution in [1.82, 2.24) is 10.1 Å². The van der Waals surface area contributed by atoms with Crippen molar-refractivity contribution in [3.8, 4) is 11.3 Å². The average Bonchev–Trinajstić information content (AvgIpc) is 3.02. The molecule has 3 rings (SSSR count). The zero-order valence-electron chi connectivity index (χ0n) is 17.0. The first-order valence-corrected chi connectivity index (χ1v) is 10.1. The highest BCUT2D eigenvalue weighted by molar-refractivity contribution is 9.10. The summed E-state index contributed by atoms with van der Waals surface area (Å²) < 4.78 is 6.19. The molecule has 0 spiro atoms. The van der Waals surface area contributed by atoms with Gasteiger partial charge < -0.3 is 15.2 Å². The van der Waals surface area contributed by atoms with Gasteiger partial charge in [0.1, 0.15) is 5.76 Å². The van der Waals surface area contributed by atoms with E-state index in [1.807, 2.05) is 38.2 Å². The van der Waals surface area contributed by atoms with E-state index in [9.17, 15) is 0 Å². The molecule has 29 heavy (non-hydrogen) atoms. The van der Waals surface area contributed by atoms with E-state index in [-0.39, 0.29) is 0 Å². The van der Waals surface area contributed by atoms with Crippen LogP contribution in [0.5, 0.6) is 0 Å². The Morgan fingerprint density at radius 3 is 2.52 bits per heavy atom. The molecule has 0 aliphatic carbocycles. The Labute approximate surface area is 179 Å². The molecule has 0 aliphatic rings. The molecule has 0 saturated carbocycles. The van der Waals surface area contributed by atoms with Crippen molar-refractivity contribution in [2.75, 3.05) is 16.5 Å². The number of nitrogens with two attached hydrogens (primary N) is 2. The van der Waals surface area contributed by atoms with Crippen molar-refractivity contribution in [3.63, 3.8) is 0 Å². The predicted molar refractivity (Wildman–Crippen MR) is 121 cm³/mol. The van der Waals surface area contributed by atoms with Crippen LogP contribution in [0.1, 0.15) is 23.9 Å². The van der Waals surface area contributed by atoms with Crippen molar-refractivity contribution in [2.45, 2.75) is 27.7 Å². The third-order valence-electron chi connectivity index (χ3n) is 4.74. The van der Waals surface area contributed by atoms with E-state index in [4.69, 9.17) is 16.1 Å². The normalized spacial score (nSPS) is 11.2. The van der Waals surface area contributed by atoms with Gasteiger partial charge in [-0.25, -0.2) is 5.84 Å². The highest BCUT2D eigenvalue weighted by Gasteiger charge is 2.18. The molecule has 0 saturated heterocycles. The number of rotatable bonds is 6. The van der Waals surface area contributed by atoms with Crippen LogP contribution in [0.15, 0.2) is 51.9 Å². The fourth-order valence-electron chi connectivity index (χ4n) is 3.33. The van der Waals surface area contributed by atoms with E-state index in [1.165, 1.54) is 11.2 Å². The molecule has 152 valence electrons. The second-order valence-electron chi connectivity index (χ2n) is 6.68. The first-order valence-electron chi connectivity index (χ1n) is 9.26. The first-order chi connectivity index (χ1) is 13.9. The summed E-state index contributed by atoms with van der Waals surface area (Å²) in [6.07, 6.45) is 4.88. The van der Waals surface area contributed by atoms with Gasteiger partial charge in [-0.15, -0.1) is 0 Å². The molecule has 0 atom stereocenters. The molecule has 3 aromatic rings. The maximum Gasteiger partial charge on any atom is 0.143 e.